The lowest BCUT2D eigenvalue weighted by atomic mass is 10.1. The van der Waals surface area contributed by atoms with Gasteiger partial charge >= 0.3 is 6.18 Å². The molecule has 2 aromatic rings. The van der Waals surface area contributed by atoms with E-state index >= 15 is 0 Å². The van der Waals surface area contributed by atoms with Crippen molar-refractivity contribution in [2.45, 2.75) is 13.1 Å². The Balaban J connectivity index is 2.24. The van der Waals surface area contributed by atoms with Crippen molar-refractivity contribution in [1.29, 1.82) is 0 Å². The molecule has 120 valence electrons. The molecular weight excluding hydrogens is 313 g/mol. The summed E-state index contributed by atoms with van der Waals surface area (Å²) in [6.45, 7) is 1.78. The van der Waals surface area contributed by atoms with Crippen LogP contribution in [-0.2, 0) is 6.18 Å². The minimum absolute atomic E-state index is 0.146. The predicted molar refractivity (Wildman–Crippen MR) is 78.3 cm³/mol. The van der Waals surface area contributed by atoms with E-state index < -0.39 is 22.4 Å². The van der Waals surface area contributed by atoms with E-state index in [-0.39, 0.29) is 5.69 Å². The number of hydrazone groups is 1. The van der Waals surface area contributed by atoms with Crippen LogP contribution in [0, 0.1) is 17.0 Å². The summed E-state index contributed by atoms with van der Waals surface area (Å²) in [5, 5.41) is 14.7. The molecule has 0 aliphatic rings. The minimum atomic E-state index is -4.65. The number of halogens is 3. The van der Waals surface area contributed by atoms with Gasteiger partial charge in [-0.15, -0.1) is 0 Å². The van der Waals surface area contributed by atoms with Gasteiger partial charge in [-0.25, -0.2) is 0 Å². The molecule has 0 saturated carbocycles. The number of hydrogen-bond acceptors (Lipinski definition) is 5. The van der Waals surface area contributed by atoms with E-state index in [1.807, 2.05) is 0 Å². The second-order valence-electron chi connectivity index (χ2n) is 4.56. The molecule has 0 spiro atoms. The molecule has 1 heterocycles. The van der Waals surface area contributed by atoms with Crippen LogP contribution in [0.5, 0.6) is 0 Å². The molecular formula is C14H11F3N4O2. The lowest BCUT2D eigenvalue weighted by Gasteiger charge is -2.08. The first-order chi connectivity index (χ1) is 10.8. The average molecular weight is 324 g/mol. The van der Waals surface area contributed by atoms with Crippen LogP contribution in [0.15, 0.2) is 41.5 Å². The SMILES string of the molecule is Cc1cccc(/C=N\Nc2ccc(C(F)(F)F)cc2[N+](=O)[O-])n1. The number of hydrogen-bond donors (Lipinski definition) is 1. The maximum Gasteiger partial charge on any atom is 0.416 e. The molecule has 0 saturated heterocycles. The molecule has 0 aliphatic heterocycles. The zero-order valence-electron chi connectivity index (χ0n) is 11.8. The van der Waals surface area contributed by atoms with E-state index in [4.69, 9.17) is 0 Å². The van der Waals surface area contributed by atoms with Gasteiger partial charge in [0.25, 0.3) is 5.69 Å². The van der Waals surface area contributed by atoms with Gasteiger partial charge in [-0.05, 0) is 31.2 Å². The van der Waals surface area contributed by atoms with Crippen molar-refractivity contribution < 1.29 is 18.1 Å². The highest BCUT2D eigenvalue weighted by atomic mass is 19.4. The normalized spacial score (nSPS) is 11.7. The van der Waals surface area contributed by atoms with E-state index in [2.05, 4.69) is 15.5 Å². The molecule has 0 atom stereocenters. The molecule has 0 amide bonds. The van der Waals surface area contributed by atoms with Gasteiger partial charge < -0.3 is 0 Å². The molecule has 1 aromatic heterocycles. The predicted octanol–water partition coefficient (Wildman–Crippen LogP) is 3.76. The summed E-state index contributed by atoms with van der Waals surface area (Å²) in [5.41, 5.74) is 1.67. The quantitative estimate of drug-likeness (QED) is 0.527. The first kappa shape index (κ1) is 16.4. The fourth-order valence-electron chi connectivity index (χ4n) is 1.76. The Hall–Kier alpha value is -2.97. The first-order valence-corrected chi connectivity index (χ1v) is 6.36. The van der Waals surface area contributed by atoms with Gasteiger partial charge in [-0.3, -0.25) is 20.5 Å². The van der Waals surface area contributed by atoms with Crippen LogP contribution in [0.3, 0.4) is 0 Å². The van der Waals surface area contributed by atoms with Crippen molar-refractivity contribution >= 4 is 17.6 Å². The van der Waals surface area contributed by atoms with Gasteiger partial charge in [0.05, 0.1) is 22.4 Å². The number of aromatic nitrogens is 1. The second kappa shape index (κ2) is 6.42. The van der Waals surface area contributed by atoms with Crippen molar-refractivity contribution in [3.63, 3.8) is 0 Å². The highest BCUT2D eigenvalue weighted by Gasteiger charge is 2.33. The van der Waals surface area contributed by atoms with Crippen LogP contribution in [0.1, 0.15) is 17.0 Å². The van der Waals surface area contributed by atoms with Crippen molar-refractivity contribution in [3.05, 3.63) is 63.5 Å². The van der Waals surface area contributed by atoms with E-state index in [1.165, 1.54) is 6.21 Å². The van der Waals surface area contributed by atoms with Crippen molar-refractivity contribution in [2.24, 2.45) is 5.10 Å². The van der Waals surface area contributed by atoms with Gasteiger partial charge in [-0.1, -0.05) is 6.07 Å². The number of nitrogens with zero attached hydrogens (tertiary/aromatic N) is 3. The van der Waals surface area contributed by atoms with E-state index in [0.717, 1.165) is 17.8 Å². The van der Waals surface area contributed by atoms with Crippen LogP contribution in [0.25, 0.3) is 0 Å². The molecule has 6 nitrogen and oxygen atoms in total. The lowest BCUT2D eigenvalue weighted by Crippen LogP contribution is -2.06. The third-order valence-electron chi connectivity index (χ3n) is 2.81. The summed E-state index contributed by atoms with van der Waals surface area (Å²) in [7, 11) is 0. The fourth-order valence-corrected chi connectivity index (χ4v) is 1.76. The molecule has 0 aliphatic carbocycles. The molecule has 2 rings (SSSR count). The number of nitrogens with one attached hydrogen (secondary N) is 1. The molecule has 1 aromatic carbocycles. The first-order valence-electron chi connectivity index (χ1n) is 6.36. The molecule has 0 radical (unpaired) electrons. The summed E-state index contributed by atoms with van der Waals surface area (Å²) in [4.78, 5) is 14.1. The Morgan fingerprint density at radius 2 is 2.04 bits per heavy atom. The van der Waals surface area contributed by atoms with Gasteiger partial charge in [0.2, 0.25) is 0 Å². The van der Waals surface area contributed by atoms with Crippen molar-refractivity contribution in [2.75, 3.05) is 5.43 Å². The lowest BCUT2D eigenvalue weighted by molar-refractivity contribution is -0.384. The standard InChI is InChI=1S/C14H11F3N4O2/c1-9-3-2-4-11(19-9)8-18-20-12-6-5-10(14(15,16)17)7-13(12)21(22)23/h2-8,20H,1H3/b18-8-. The topological polar surface area (TPSA) is 80.4 Å². The highest BCUT2D eigenvalue weighted by Crippen LogP contribution is 2.34. The van der Waals surface area contributed by atoms with E-state index in [1.54, 1.807) is 25.1 Å². The number of pyridine rings is 1. The Morgan fingerprint density at radius 3 is 2.65 bits per heavy atom. The fraction of sp³-hybridized carbons (Fsp3) is 0.143. The van der Waals surface area contributed by atoms with Gasteiger partial charge in [0.1, 0.15) is 5.69 Å². The minimum Gasteiger partial charge on any atom is -0.272 e. The molecule has 23 heavy (non-hydrogen) atoms. The Labute approximate surface area is 128 Å². The number of nitro groups is 1. The Morgan fingerprint density at radius 1 is 1.30 bits per heavy atom. The number of nitro benzene ring substituents is 1. The van der Waals surface area contributed by atoms with E-state index in [0.29, 0.717) is 11.8 Å². The average Bonchev–Trinajstić information content (AvgIpc) is 2.46. The van der Waals surface area contributed by atoms with Crippen molar-refractivity contribution in [3.8, 4) is 0 Å². The largest absolute Gasteiger partial charge is 0.416 e. The molecule has 0 unspecified atom stereocenters. The second-order valence-corrected chi connectivity index (χ2v) is 4.56. The maximum atomic E-state index is 12.6. The maximum absolute atomic E-state index is 12.6. The number of alkyl halides is 3. The summed E-state index contributed by atoms with van der Waals surface area (Å²) < 4.78 is 37.8. The van der Waals surface area contributed by atoms with E-state index in [9.17, 15) is 23.3 Å². The van der Waals surface area contributed by atoms with Gasteiger partial charge in [-0.2, -0.15) is 18.3 Å². The molecule has 1 N–H and O–H groups in total. The highest BCUT2D eigenvalue weighted by molar-refractivity contribution is 5.78. The van der Waals surface area contributed by atoms with Gasteiger partial charge in [0.15, 0.2) is 0 Å². The Bertz CT molecular complexity index is 760. The summed E-state index contributed by atoms with van der Waals surface area (Å²) in [5.74, 6) is 0. The number of anilines is 1. The monoisotopic (exact) mass is 324 g/mol. The number of benzene rings is 1. The molecule has 0 bridgehead atoms. The number of rotatable bonds is 4. The van der Waals surface area contributed by atoms with Crippen LogP contribution in [0.2, 0.25) is 0 Å². The van der Waals surface area contributed by atoms with Crippen molar-refractivity contribution in [1.82, 2.24) is 4.98 Å². The summed E-state index contributed by atoms with van der Waals surface area (Å²) in [6, 6.07) is 7.37. The van der Waals surface area contributed by atoms with Crippen LogP contribution in [0.4, 0.5) is 24.5 Å². The van der Waals surface area contributed by atoms with Gasteiger partial charge in [0, 0.05) is 11.8 Å². The summed E-state index contributed by atoms with van der Waals surface area (Å²) in [6.07, 6.45) is -3.34. The third kappa shape index (κ3) is 4.25. The zero-order chi connectivity index (χ0) is 17.0. The Kier molecular flexibility index (Phi) is 4.58. The smallest absolute Gasteiger partial charge is 0.272 e. The van der Waals surface area contributed by atoms with Crippen LogP contribution < -0.4 is 5.43 Å². The van der Waals surface area contributed by atoms with Crippen LogP contribution in [-0.4, -0.2) is 16.1 Å². The summed E-state index contributed by atoms with van der Waals surface area (Å²) >= 11 is 0. The molecule has 0 fully saturated rings. The third-order valence-corrected chi connectivity index (χ3v) is 2.81. The molecule has 9 heteroatoms. The number of aryl methyl sites for hydroxylation is 1. The zero-order valence-corrected chi connectivity index (χ0v) is 11.8. The van der Waals surface area contributed by atoms with Crippen LogP contribution >= 0.6 is 0 Å².